The lowest BCUT2D eigenvalue weighted by atomic mass is 10.2. The average Bonchev–Trinajstić information content (AvgIpc) is 3.04. The van der Waals surface area contributed by atoms with Crippen LogP contribution in [0.25, 0.3) is 0 Å². The van der Waals surface area contributed by atoms with Crippen molar-refractivity contribution in [1.29, 1.82) is 0 Å². The summed E-state index contributed by atoms with van der Waals surface area (Å²) in [6, 6.07) is 6.79. The second-order valence-corrected chi connectivity index (χ2v) is 5.46. The van der Waals surface area contributed by atoms with Gasteiger partial charge in [0, 0.05) is 35.2 Å². The fourth-order valence-corrected chi connectivity index (χ4v) is 2.28. The van der Waals surface area contributed by atoms with Gasteiger partial charge in [-0.15, -0.1) is 0 Å². The van der Waals surface area contributed by atoms with Crippen LogP contribution in [0.5, 0.6) is 0 Å². The van der Waals surface area contributed by atoms with E-state index in [9.17, 15) is 0 Å². The molecule has 1 fully saturated rings. The molecule has 16 heavy (non-hydrogen) atoms. The SMILES string of the molecule is Clc1cc(Br)ccc1CNCCNC1CC1. The Labute approximate surface area is 110 Å². The molecule has 1 aromatic rings. The predicted molar refractivity (Wildman–Crippen MR) is 71.9 cm³/mol. The van der Waals surface area contributed by atoms with Crippen LogP contribution in [0, 0.1) is 0 Å². The Morgan fingerprint density at radius 2 is 2.12 bits per heavy atom. The van der Waals surface area contributed by atoms with E-state index in [1.807, 2.05) is 18.2 Å². The zero-order valence-electron chi connectivity index (χ0n) is 9.10. The molecular formula is C12H16BrClN2. The topological polar surface area (TPSA) is 24.1 Å². The minimum atomic E-state index is 0.790. The van der Waals surface area contributed by atoms with Gasteiger partial charge in [0.1, 0.15) is 0 Å². The molecule has 1 saturated carbocycles. The van der Waals surface area contributed by atoms with Crippen LogP contribution >= 0.6 is 27.5 Å². The standard InChI is InChI=1S/C12H16BrClN2/c13-10-2-1-9(12(14)7-10)8-15-5-6-16-11-3-4-11/h1-2,7,11,15-16H,3-6,8H2. The fraction of sp³-hybridized carbons (Fsp3) is 0.500. The Morgan fingerprint density at radius 3 is 2.81 bits per heavy atom. The van der Waals surface area contributed by atoms with Gasteiger partial charge in [0.15, 0.2) is 0 Å². The van der Waals surface area contributed by atoms with Gasteiger partial charge in [-0.1, -0.05) is 33.6 Å². The van der Waals surface area contributed by atoms with E-state index >= 15 is 0 Å². The molecule has 0 unspecified atom stereocenters. The molecule has 1 aliphatic rings. The van der Waals surface area contributed by atoms with Gasteiger partial charge in [0.2, 0.25) is 0 Å². The van der Waals surface area contributed by atoms with E-state index in [2.05, 4.69) is 26.6 Å². The van der Waals surface area contributed by atoms with Crippen molar-refractivity contribution in [2.75, 3.05) is 13.1 Å². The van der Waals surface area contributed by atoms with Crippen LogP contribution in [-0.4, -0.2) is 19.1 Å². The Bertz CT molecular complexity index is 353. The molecule has 0 radical (unpaired) electrons. The Morgan fingerprint density at radius 1 is 1.31 bits per heavy atom. The molecule has 0 aromatic heterocycles. The number of hydrogen-bond acceptors (Lipinski definition) is 2. The summed E-state index contributed by atoms with van der Waals surface area (Å²) in [6.07, 6.45) is 2.69. The number of halogens is 2. The molecule has 0 atom stereocenters. The molecule has 1 aromatic carbocycles. The third-order valence-corrected chi connectivity index (χ3v) is 3.49. The summed E-state index contributed by atoms with van der Waals surface area (Å²) in [5.41, 5.74) is 1.15. The first kappa shape index (κ1) is 12.4. The molecule has 0 heterocycles. The van der Waals surface area contributed by atoms with Crippen LogP contribution in [0.4, 0.5) is 0 Å². The van der Waals surface area contributed by atoms with Gasteiger partial charge >= 0.3 is 0 Å². The molecule has 2 nitrogen and oxygen atoms in total. The lowest BCUT2D eigenvalue weighted by Crippen LogP contribution is -2.28. The summed E-state index contributed by atoms with van der Waals surface area (Å²) in [7, 11) is 0. The average molecular weight is 304 g/mol. The normalized spacial score (nSPS) is 15.4. The van der Waals surface area contributed by atoms with E-state index in [0.29, 0.717) is 0 Å². The van der Waals surface area contributed by atoms with E-state index in [4.69, 9.17) is 11.6 Å². The van der Waals surface area contributed by atoms with Crippen LogP contribution < -0.4 is 10.6 Å². The summed E-state index contributed by atoms with van der Waals surface area (Å²) < 4.78 is 1.02. The highest BCUT2D eigenvalue weighted by Gasteiger charge is 2.19. The molecule has 0 bridgehead atoms. The van der Waals surface area contributed by atoms with Crippen LogP contribution in [0.1, 0.15) is 18.4 Å². The molecule has 1 aliphatic carbocycles. The highest BCUT2D eigenvalue weighted by Crippen LogP contribution is 2.21. The van der Waals surface area contributed by atoms with E-state index in [1.165, 1.54) is 12.8 Å². The number of hydrogen-bond donors (Lipinski definition) is 2. The van der Waals surface area contributed by atoms with Crippen molar-refractivity contribution < 1.29 is 0 Å². The van der Waals surface area contributed by atoms with Gasteiger partial charge in [-0.25, -0.2) is 0 Å². The molecule has 0 saturated heterocycles. The predicted octanol–water partition coefficient (Wildman–Crippen LogP) is 2.94. The fourth-order valence-electron chi connectivity index (χ4n) is 1.54. The van der Waals surface area contributed by atoms with Crippen molar-refractivity contribution in [3.63, 3.8) is 0 Å². The van der Waals surface area contributed by atoms with Crippen LogP contribution in [0.3, 0.4) is 0 Å². The van der Waals surface area contributed by atoms with E-state index in [0.717, 1.165) is 40.7 Å². The van der Waals surface area contributed by atoms with Crippen molar-refractivity contribution in [3.8, 4) is 0 Å². The van der Waals surface area contributed by atoms with Crippen molar-refractivity contribution >= 4 is 27.5 Å². The zero-order valence-corrected chi connectivity index (χ0v) is 11.4. The highest BCUT2D eigenvalue weighted by molar-refractivity contribution is 9.10. The molecule has 0 aliphatic heterocycles. The van der Waals surface area contributed by atoms with Gasteiger partial charge in [-0.05, 0) is 30.5 Å². The molecule has 0 amide bonds. The first-order chi connectivity index (χ1) is 7.75. The summed E-state index contributed by atoms with van der Waals surface area (Å²) in [5, 5.41) is 7.66. The third kappa shape index (κ3) is 4.06. The van der Waals surface area contributed by atoms with E-state index < -0.39 is 0 Å². The minimum absolute atomic E-state index is 0.790. The van der Waals surface area contributed by atoms with Crippen molar-refractivity contribution in [2.45, 2.75) is 25.4 Å². The van der Waals surface area contributed by atoms with Gasteiger partial charge in [-0.2, -0.15) is 0 Å². The lowest BCUT2D eigenvalue weighted by molar-refractivity contribution is 0.608. The quantitative estimate of drug-likeness (QED) is 0.790. The van der Waals surface area contributed by atoms with Crippen LogP contribution in [0.2, 0.25) is 5.02 Å². The van der Waals surface area contributed by atoms with Crippen molar-refractivity contribution in [2.24, 2.45) is 0 Å². The maximum Gasteiger partial charge on any atom is 0.0462 e. The number of rotatable bonds is 6. The lowest BCUT2D eigenvalue weighted by Gasteiger charge is -2.07. The molecule has 2 N–H and O–H groups in total. The summed E-state index contributed by atoms with van der Waals surface area (Å²) in [5.74, 6) is 0. The first-order valence-electron chi connectivity index (χ1n) is 5.64. The first-order valence-corrected chi connectivity index (χ1v) is 6.81. The largest absolute Gasteiger partial charge is 0.313 e. The zero-order chi connectivity index (χ0) is 11.4. The van der Waals surface area contributed by atoms with Crippen molar-refractivity contribution in [3.05, 3.63) is 33.3 Å². The van der Waals surface area contributed by atoms with Crippen molar-refractivity contribution in [1.82, 2.24) is 10.6 Å². The second-order valence-electron chi connectivity index (χ2n) is 4.14. The summed E-state index contributed by atoms with van der Waals surface area (Å²) in [4.78, 5) is 0. The molecular weight excluding hydrogens is 288 g/mol. The van der Waals surface area contributed by atoms with Gasteiger partial charge in [0.05, 0.1) is 0 Å². The minimum Gasteiger partial charge on any atom is -0.313 e. The Balaban J connectivity index is 1.67. The molecule has 4 heteroatoms. The maximum atomic E-state index is 6.12. The maximum absolute atomic E-state index is 6.12. The summed E-state index contributed by atoms with van der Waals surface area (Å²) >= 11 is 9.51. The van der Waals surface area contributed by atoms with E-state index in [1.54, 1.807) is 0 Å². The van der Waals surface area contributed by atoms with Gasteiger partial charge in [-0.3, -0.25) is 0 Å². The Hall–Kier alpha value is -0.0900. The smallest absolute Gasteiger partial charge is 0.0462 e. The molecule has 0 spiro atoms. The third-order valence-electron chi connectivity index (χ3n) is 2.64. The van der Waals surface area contributed by atoms with E-state index in [-0.39, 0.29) is 0 Å². The highest BCUT2D eigenvalue weighted by atomic mass is 79.9. The Kier molecular flexibility index (Phi) is 4.65. The van der Waals surface area contributed by atoms with Gasteiger partial charge in [0.25, 0.3) is 0 Å². The van der Waals surface area contributed by atoms with Gasteiger partial charge < -0.3 is 10.6 Å². The van der Waals surface area contributed by atoms with Crippen LogP contribution in [-0.2, 0) is 6.54 Å². The second kappa shape index (κ2) is 6.01. The number of benzene rings is 1. The summed E-state index contributed by atoms with van der Waals surface area (Å²) in [6.45, 7) is 2.86. The monoisotopic (exact) mass is 302 g/mol. The molecule has 2 rings (SSSR count). The van der Waals surface area contributed by atoms with Crippen LogP contribution in [0.15, 0.2) is 22.7 Å². The molecule has 88 valence electrons. The number of nitrogens with one attached hydrogen (secondary N) is 2.